The summed E-state index contributed by atoms with van der Waals surface area (Å²) in [5, 5.41) is 2.35. The molecule has 1 fully saturated rings. The van der Waals surface area contributed by atoms with E-state index in [-0.39, 0.29) is 16.4 Å². The second kappa shape index (κ2) is 9.36. The number of aromatic nitrogens is 1. The van der Waals surface area contributed by atoms with Gasteiger partial charge in [0.1, 0.15) is 11.4 Å². The van der Waals surface area contributed by atoms with E-state index in [1.165, 1.54) is 24.3 Å². The minimum absolute atomic E-state index is 0.0117. The summed E-state index contributed by atoms with van der Waals surface area (Å²) in [6, 6.07) is 26.0. The van der Waals surface area contributed by atoms with E-state index in [2.05, 4.69) is 34.1 Å². The summed E-state index contributed by atoms with van der Waals surface area (Å²) >= 11 is 5.18. The van der Waals surface area contributed by atoms with E-state index in [9.17, 15) is 14.0 Å². The van der Waals surface area contributed by atoms with Gasteiger partial charge in [-0.3, -0.25) is 14.9 Å². The molecular weight excluding hydrogens is 473 g/mol. The van der Waals surface area contributed by atoms with E-state index in [1.807, 2.05) is 50.2 Å². The minimum atomic E-state index is -0.675. The molecule has 2 heterocycles. The highest BCUT2D eigenvalue weighted by Crippen LogP contribution is 2.28. The molecule has 0 bridgehead atoms. The predicted molar refractivity (Wildman–Crippen MR) is 143 cm³/mol. The Hall–Kier alpha value is -4.36. The molecule has 0 radical (unpaired) electrons. The maximum Gasteiger partial charge on any atom is 0.270 e. The van der Waals surface area contributed by atoms with E-state index in [0.717, 1.165) is 33.1 Å². The van der Waals surface area contributed by atoms with Crippen molar-refractivity contribution in [3.8, 4) is 16.8 Å². The number of amides is 2. The quantitative estimate of drug-likeness (QED) is 0.223. The average Bonchev–Trinajstić information content (AvgIpc) is 3.16. The van der Waals surface area contributed by atoms with Crippen LogP contribution in [0, 0.1) is 19.7 Å². The number of aryl methyl sites for hydroxylation is 1. The fourth-order valence-electron chi connectivity index (χ4n) is 4.43. The SMILES string of the molecule is Cc1cc(/C=C2/C(=O)NC(=S)N(c3ccccc3F)C2=O)c(C)n1-c1ccc(-c2ccccc2)cc1. The first-order valence-corrected chi connectivity index (χ1v) is 11.8. The van der Waals surface area contributed by atoms with Crippen LogP contribution in [-0.4, -0.2) is 21.5 Å². The number of nitrogens with one attached hydrogen (secondary N) is 1. The lowest BCUT2D eigenvalue weighted by Gasteiger charge is -2.29. The van der Waals surface area contributed by atoms with Gasteiger partial charge in [-0.2, -0.15) is 0 Å². The molecule has 4 aromatic rings. The monoisotopic (exact) mass is 495 g/mol. The lowest BCUT2D eigenvalue weighted by atomic mass is 10.1. The van der Waals surface area contributed by atoms with Crippen LogP contribution >= 0.6 is 12.2 Å². The highest BCUT2D eigenvalue weighted by molar-refractivity contribution is 7.80. The number of benzene rings is 3. The number of hydrogen-bond donors (Lipinski definition) is 1. The first kappa shape index (κ1) is 23.4. The molecular formula is C29H22FN3O2S. The van der Waals surface area contributed by atoms with Crippen molar-refractivity contribution in [2.24, 2.45) is 0 Å². The Morgan fingerprint density at radius 2 is 1.50 bits per heavy atom. The second-order valence-corrected chi connectivity index (χ2v) is 8.87. The van der Waals surface area contributed by atoms with Crippen molar-refractivity contribution in [1.29, 1.82) is 0 Å². The zero-order chi connectivity index (χ0) is 25.4. The Bertz CT molecular complexity index is 1540. The van der Waals surface area contributed by atoms with Gasteiger partial charge in [-0.1, -0.05) is 54.6 Å². The van der Waals surface area contributed by atoms with Crippen molar-refractivity contribution in [2.75, 3.05) is 4.90 Å². The van der Waals surface area contributed by atoms with E-state index in [0.29, 0.717) is 5.56 Å². The van der Waals surface area contributed by atoms with E-state index >= 15 is 0 Å². The van der Waals surface area contributed by atoms with E-state index in [1.54, 1.807) is 6.07 Å². The Balaban J connectivity index is 1.51. The van der Waals surface area contributed by atoms with Crippen molar-refractivity contribution in [2.45, 2.75) is 13.8 Å². The molecule has 1 aliphatic heterocycles. The Kier molecular flexibility index (Phi) is 6.08. The van der Waals surface area contributed by atoms with E-state index in [4.69, 9.17) is 12.2 Å². The number of hydrogen-bond acceptors (Lipinski definition) is 3. The molecule has 3 aromatic carbocycles. The van der Waals surface area contributed by atoms with Crippen LogP contribution in [0.15, 0.2) is 90.5 Å². The minimum Gasteiger partial charge on any atom is -0.318 e. The molecule has 1 aliphatic rings. The van der Waals surface area contributed by atoms with Gasteiger partial charge < -0.3 is 4.57 Å². The van der Waals surface area contributed by atoms with Gasteiger partial charge in [-0.15, -0.1) is 0 Å². The van der Waals surface area contributed by atoms with Gasteiger partial charge in [-0.05, 0) is 79.2 Å². The lowest BCUT2D eigenvalue weighted by Crippen LogP contribution is -2.54. The molecule has 1 N–H and O–H groups in total. The molecule has 1 saturated heterocycles. The zero-order valence-corrected chi connectivity index (χ0v) is 20.5. The summed E-state index contributed by atoms with van der Waals surface area (Å²) in [6.45, 7) is 3.89. The van der Waals surface area contributed by atoms with Crippen molar-refractivity contribution < 1.29 is 14.0 Å². The summed E-state index contributed by atoms with van der Waals surface area (Å²) in [5.41, 5.74) is 5.58. The first-order valence-electron chi connectivity index (χ1n) is 11.4. The third-order valence-corrected chi connectivity index (χ3v) is 6.48. The molecule has 2 amide bonds. The van der Waals surface area contributed by atoms with Crippen molar-refractivity contribution in [3.05, 3.63) is 113 Å². The van der Waals surface area contributed by atoms with Crippen LogP contribution in [-0.2, 0) is 9.59 Å². The molecule has 5 rings (SSSR count). The largest absolute Gasteiger partial charge is 0.318 e. The summed E-state index contributed by atoms with van der Waals surface area (Å²) < 4.78 is 16.5. The first-order chi connectivity index (χ1) is 17.3. The van der Waals surface area contributed by atoms with Crippen LogP contribution in [0.3, 0.4) is 0 Å². The fraction of sp³-hybridized carbons (Fsp3) is 0.0690. The topological polar surface area (TPSA) is 54.3 Å². The third-order valence-electron chi connectivity index (χ3n) is 6.20. The molecule has 7 heteroatoms. The molecule has 0 unspecified atom stereocenters. The number of para-hydroxylation sites is 1. The number of carbonyl (C=O) groups is 2. The van der Waals surface area contributed by atoms with E-state index < -0.39 is 17.6 Å². The van der Waals surface area contributed by atoms with Gasteiger partial charge in [-0.25, -0.2) is 9.29 Å². The molecule has 0 aliphatic carbocycles. The van der Waals surface area contributed by atoms with Gasteiger partial charge in [0.05, 0.1) is 5.69 Å². The number of halogens is 1. The number of thiocarbonyl (C=S) groups is 1. The Morgan fingerprint density at radius 1 is 0.861 bits per heavy atom. The number of rotatable bonds is 4. The second-order valence-electron chi connectivity index (χ2n) is 8.48. The van der Waals surface area contributed by atoms with Gasteiger partial charge in [0.2, 0.25) is 0 Å². The van der Waals surface area contributed by atoms with Crippen LogP contribution in [0.1, 0.15) is 17.0 Å². The van der Waals surface area contributed by atoms with Crippen LogP contribution in [0.2, 0.25) is 0 Å². The third kappa shape index (κ3) is 4.14. The molecule has 5 nitrogen and oxygen atoms in total. The predicted octanol–water partition coefficient (Wildman–Crippen LogP) is 5.73. The maximum absolute atomic E-state index is 14.4. The maximum atomic E-state index is 14.4. The molecule has 0 saturated carbocycles. The summed E-state index contributed by atoms with van der Waals surface area (Å²) in [6.07, 6.45) is 1.53. The molecule has 178 valence electrons. The molecule has 1 aromatic heterocycles. The summed E-state index contributed by atoms with van der Waals surface area (Å²) in [5.74, 6) is -1.90. The highest BCUT2D eigenvalue weighted by Gasteiger charge is 2.35. The number of carbonyl (C=O) groups excluding carboxylic acids is 2. The fourth-order valence-corrected chi connectivity index (χ4v) is 4.70. The normalized spacial score (nSPS) is 14.9. The van der Waals surface area contributed by atoms with Crippen molar-refractivity contribution >= 4 is 40.9 Å². The van der Waals surface area contributed by atoms with Gasteiger partial charge in [0.15, 0.2) is 5.11 Å². The van der Waals surface area contributed by atoms with Crippen LogP contribution < -0.4 is 10.2 Å². The van der Waals surface area contributed by atoms with Crippen molar-refractivity contribution in [3.63, 3.8) is 0 Å². The molecule has 0 atom stereocenters. The zero-order valence-electron chi connectivity index (χ0n) is 19.7. The average molecular weight is 496 g/mol. The van der Waals surface area contributed by atoms with Gasteiger partial charge >= 0.3 is 0 Å². The standard InChI is InChI=1S/C29H22FN3O2S/c1-18-16-22(19(2)32(18)23-14-12-21(13-15-23)20-8-4-3-5-9-20)17-24-27(34)31-29(36)33(28(24)35)26-11-7-6-10-25(26)30/h3-17H,1-2H3,(H,31,34,36)/b24-17-. The van der Waals surface area contributed by atoms with Crippen LogP contribution in [0.5, 0.6) is 0 Å². The van der Waals surface area contributed by atoms with Crippen LogP contribution in [0.4, 0.5) is 10.1 Å². The van der Waals surface area contributed by atoms with Gasteiger partial charge in [0, 0.05) is 17.1 Å². The summed E-state index contributed by atoms with van der Waals surface area (Å²) in [7, 11) is 0. The molecule has 0 spiro atoms. The Morgan fingerprint density at radius 3 is 2.19 bits per heavy atom. The lowest BCUT2D eigenvalue weighted by molar-refractivity contribution is -0.122. The van der Waals surface area contributed by atoms with Crippen LogP contribution in [0.25, 0.3) is 22.9 Å². The molecule has 36 heavy (non-hydrogen) atoms. The van der Waals surface area contributed by atoms with Crippen molar-refractivity contribution in [1.82, 2.24) is 9.88 Å². The highest BCUT2D eigenvalue weighted by atomic mass is 32.1. The summed E-state index contributed by atoms with van der Waals surface area (Å²) in [4.78, 5) is 27.0. The smallest absolute Gasteiger partial charge is 0.270 e. The van der Waals surface area contributed by atoms with Gasteiger partial charge in [0.25, 0.3) is 11.8 Å². The number of nitrogens with zero attached hydrogens (tertiary/aromatic N) is 2. The Labute approximate surface area is 213 Å². The number of anilines is 1.